The zero-order valence-electron chi connectivity index (χ0n) is 36.4. The van der Waals surface area contributed by atoms with Gasteiger partial charge in [-0.05, 0) is 127 Å². The molecule has 12 aromatic carbocycles. The normalized spacial score (nSPS) is 11.6. The maximum absolute atomic E-state index is 2.32. The zero-order valence-corrected chi connectivity index (χ0v) is 36.4. The van der Waals surface area contributed by atoms with Crippen molar-refractivity contribution in [2.24, 2.45) is 0 Å². The molecule has 0 atom stereocenters. The molecule has 0 aliphatic carbocycles. The quantitative estimate of drug-likeness (QED) is 0.106. The number of rotatable bonds is 8. The molecule has 0 amide bonds. The molecule has 66 heavy (non-hydrogen) atoms. The van der Waals surface area contributed by atoms with Gasteiger partial charge in [-0.2, -0.15) is 0 Å². The van der Waals surface area contributed by atoms with Crippen LogP contribution < -0.4 is 0 Å². The summed E-state index contributed by atoms with van der Waals surface area (Å²) in [4.78, 5) is 0. The Kier molecular flexibility index (Phi) is 9.97. The maximum Gasteiger partial charge on any atom is -0.00201 e. The Hall–Kier alpha value is -8.58. The van der Waals surface area contributed by atoms with E-state index in [-0.39, 0.29) is 0 Å². The molecule has 0 aliphatic rings. The first-order chi connectivity index (χ1) is 32.8. The minimum Gasteiger partial charge on any atom is -0.0622 e. The fraction of sp³-hybridized carbons (Fsp3) is 0. The molecule has 0 heteroatoms. The van der Waals surface area contributed by atoms with Crippen molar-refractivity contribution in [1.82, 2.24) is 0 Å². The highest BCUT2D eigenvalue weighted by Crippen LogP contribution is 2.48. The van der Waals surface area contributed by atoms with Gasteiger partial charge in [-0.1, -0.05) is 261 Å². The van der Waals surface area contributed by atoms with Crippen LogP contribution in [-0.4, -0.2) is 0 Å². The molecule has 0 unspecified atom stereocenters. The fourth-order valence-corrected chi connectivity index (χ4v) is 10.4. The van der Waals surface area contributed by atoms with Crippen molar-refractivity contribution < 1.29 is 0 Å². The molecular weight excluding hydrogens is 793 g/mol. The van der Waals surface area contributed by atoms with Gasteiger partial charge in [-0.3, -0.25) is 0 Å². The van der Waals surface area contributed by atoms with Gasteiger partial charge in [0.15, 0.2) is 0 Å². The van der Waals surface area contributed by atoms with Gasteiger partial charge >= 0.3 is 0 Å². The minimum atomic E-state index is 1.15. The van der Waals surface area contributed by atoms with Crippen LogP contribution in [0.2, 0.25) is 0 Å². The Balaban J connectivity index is 0.897. The summed E-state index contributed by atoms with van der Waals surface area (Å²) in [7, 11) is 0. The summed E-state index contributed by atoms with van der Waals surface area (Å²) in [6.07, 6.45) is 4.47. The number of hydrogen-bond acceptors (Lipinski definition) is 0. The number of benzene rings is 12. The second kappa shape index (κ2) is 16.8. The Labute approximate surface area is 386 Å². The van der Waals surface area contributed by atoms with Gasteiger partial charge in [0.1, 0.15) is 0 Å². The van der Waals surface area contributed by atoms with E-state index in [2.05, 4.69) is 267 Å². The molecule has 0 N–H and O–H groups in total. The molecule has 0 saturated carbocycles. The lowest BCUT2D eigenvalue weighted by molar-refractivity contribution is 1.58. The van der Waals surface area contributed by atoms with Crippen molar-refractivity contribution >= 4 is 55.2 Å². The van der Waals surface area contributed by atoms with Crippen LogP contribution in [0.1, 0.15) is 11.1 Å². The smallest absolute Gasteiger partial charge is 0.00201 e. The molecule has 0 nitrogen and oxygen atoms in total. The third kappa shape index (κ3) is 6.88. The fourth-order valence-electron chi connectivity index (χ4n) is 10.4. The first-order valence-corrected chi connectivity index (χ1v) is 22.8. The molecule has 0 saturated heterocycles. The van der Waals surface area contributed by atoms with E-state index in [1.807, 2.05) is 0 Å². The number of hydrogen-bond donors (Lipinski definition) is 0. The van der Waals surface area contributed by atoms with Crippen LogP contribution in [0.3, 0.4) is 0 Å². The van der Waals surface area contributed by atoms with Crippen molar-refractivity contribution in [2.45, 2.75) is 0 Å². The minimum absolute atomic E-state index is 1.15. The van der Waals surface area contributed by atoms with Crippen LogP contribution in [0, 0.1) is 0 Å². The second-order valence-corrected chi connectivity index (χ2v) is 17.1. The van der Waals surface area contributed by atoms with E-state index in [1.54, 1.807) is 0 Å². The van der Waals surface area contributed by atoms with Crippen molar-refractivity contribution in [2.75, 3.05) is 0 Å². The standard InChI is InChI=1S/C66H44/c1-3-21-48(22-4-1)63-55-30-11-15-34-59(55)65(60-35-16-12-31-56(60)63)53-28-9-7-26-51(53)47-42-40-45(41-43-47)38-39-46-20-19-25-50(44-46)52-27-8-10-29-54(52)66-61-36-17-13-32-57(61)64(49-23-5-2-6-24-49)58-33-14-18-37-62(58)66/h1-44H. The van der Waals surface area contributed by atoms with E-state index in [9.17, 15) is 0 Å². The first-order valence-electron chi connectivity index (χ1n) is 22.8. The summed E-state index contributed by atoms with van der Waals surface area (Å²) >= 11 is 0. The van der Waals surface area contributed by atoms with Crippen molar-refractivity contribution in [3.63, 3.8) is 0 Å². The zero-order chi connectivity index (χ0) is 43.8. The second-order valence-electron chi connectivity index (χ2n) is 17.1. The lowest BCUT2D eigenvalue weighted by Crippen LogP contribution is -1.92. The van der Waals surface area contributed by atoms with Gasteiger partial charge < -0.3 is 0 Å². The summed E-state index contributed by atoms with van der Waals surface area (Å²) in [5.74, 6) is 0. The topological polar surface area (TPSA) is 0 Å². The molecule has 0 fully saturated rings. The highest BCUT2D eigenvalue weighted by molar-refractivity contribution is 6.24. The van der Waals surface area contributed by atoms with Gasteiger partial charge in [0.25, 0.3) is 0 Å². The van der Waals surface area contributed by atoms with E-state index in [0.717, 1.165) is 11.1 Å². The predicted octanol–water partition coefficient (Wildman–Crippen LogP) is 18.5. The Morgan fingerprint density at radius 1 is 0.182 bits per heavy atom. The molecule has 12 rings (SSSR count). The van der Waals surface area contributed by atoms with Crippen molar-refractivity contribution in [3.8, 4) is 66.8 Å². The Morgan fingerprint density at radius 2 is 0.500 bits per heavy atom. The molecule has 0 spiro atoms. The maximum atomic E-state index is 2.32. The molecular formula is C66H44. The van der Waals surface area contributed by atoms with Gasteiger partial charge in [-0.15, -0.1) is 0 Å². The molecule has 0 aliphatic heterocycles. The third-order valence-electron chi connectivity index (χ3n) is 13.3. The Morgan fingerprint density at radius 3 is 0.924 bits per heavy atom. The average Bonchev–Trinajstić information content (AvgIpc) is 3.39. The van der Waals surface area contributed by atoms with Crippen molar-refractivity contribution in [3.05, 3.63) is 266 Å². The highest BCUT2D eigenvalue weighted by atomic mass is 14.2. The molecule has 0 radical (unpaired) electrons. The molecule has 0 bridgehead atoms. The van der Waals surface area contributed by atoms with E-state index in [0.29, 0.717) is 0 Å². The van der Waals surface area contributed by atoms with E-state index < -0.39 is 0 Å². The largest absolute Gasteiger partial charge is 0.0622 e. The molecule has 308 valence electrons. The van der Waals surface area contributed by atoms with E-state index in [1.165, 1.54) is 110 Å². The molecule has 0 heterocycles. The lowest BCUT2D eigenvalue weighted by atomic mass is 9.84. The van der Waals surface area contributed by atoms with Crippen LogP contribution >= 0.6 is 0 Å². The van der Waals surface area contributed by atoms with Crippen LogP contribution in [0.15, 0.2) is 255 Å². The first kappa shape index (κ1) is 39.0. The van der Waals surface area contributed by atoms with Crippen LogP contribution in [-0.2, 0) is 0 Å². The van der Waals surface area contributed by atoms with Crippen LogP contribution in [0.4, 0.5) is 0 Å². The molecule has 12 aromatic rings. The van der Waals surface area contributed by atoms with Gasteiger partial charge in [0, 0.05) is 0 Å². The van der Waals surface area contributed by atoms with Gasteiger partial charge in [0.05, 0.1) is 0 Å². The Bertz CT molecular complexity index is 3670. The van der Waals surface area contributed by atoms with Crippen LogP contribution in [0.25, 0.3) is 122 Å². The lowest BCUT2D eigenvalue weighted by Gasteiger charge is -2.19. The number of fused-ring (bicyclic) bond motifs is 4. The summed E-state index contributed by atoms with van der Waals surface area (Å²) in [5, 5.41) is 10.1. The van der Waals surface area contributed by atoms with Gasteiger partial charge in [0.2, 0.25) is 0 Å². The average molecular weight is 837 g/mol. The monoisotopic (exact) mass is 836 g/mol. The summed E-state index contributed by atoms with van der Waals surface area (Å²) in [6, 6.07) is 93.0. The summed E-state index contributed by atoms with van der Waals surface area (Å²) < 4.78 is 0. The van der Waals surface area contributed by atoms with Crippen molar-refractivity contribution in [1.29, 1.82) is 0 Å². The van der Waals surface area contributed by atoms with Gasteiger partial charge in [-0.25, -0.2) is 0 Å². The highest BCUT2D eigenvalue weighted by Gasteiger charge is 2.20. The summed E-state index contributed by atoms with van der Waals surface area (Å²) in [5.41, 5.74) is 17.2. The van der Waals surface area contributed by atoms with Crippen LogP contribution in [0.5, 0.6) is 0 Å². The van der Waals surface area contributed by atoms with E-state index in [4.69, 9.17) is 0 Å². The predicted molar refractivity (Wildman–Crippen MR) is 284 cm³/mol. The molecule has 0 aromatic heterocycles. The third-order valence-corrected chi connectivity index (χ3v) is 13.3. The summed E-state index contributed by atoms with van der Waals surface area (Å²) in [6.45, 7) is 0. The van der Waals surface area contributed by atoms with E-state index >= 15 is 0 Å². The SMILES string of the molecule is C(=Cc1cccc(-c2ccccc2-c2c3ccccc3c(-c3ccccc3)c3ccccc23)c1)c1ccc(-c2ccccc2-c2c3ccccc3c(-c3ccccc3)c3ccccc23)cc1.